The van der Waals surface area contributed by atoms with Gasteiger partial charge in [0.25, 0.3) is 0 Å². The molecule has 0 bridgehead atoms. The maximum absolute atomic E-state index is 5.74. The summed E-state index contributed by atoms with van der Waals surface area (Å²) in [5.74, 6) is 6.44. The van der Waals surface area contributed by atoms with Crippen molar-refractivity contribution in [1.82, 2.24) is 15.4 Å². The Morgan fingerprint density at radius 1 is 1.10 bits per heavy atom. The number of aromatic nitrogens is 2. The van der Waals surface area contributed by atoms with Crippen LogP contribution in [0.5, 0.6) is 5.75 Å². The van der Waals surface area contributed by atoms with Crippen LogP contribution in [0, 0.1) is 0 Å². The van der Waals surface area contributed by atoms with E-state index in [9.17, 15) is 0 Å². The number of methoxy groups -OCH3 is 1. The first kappa shape index (κ1) is 13.5. The molecule has 5 heteroatoms. The van der Waals surface area contributed by atoms with Gasteiger partial charge < -0.3 is 4.74 Å². The lowest BCUT2D eigenvalue weighted by Crippen LogP contribution is -2.29. The average Bonchev–Trinajstić information content (AvgIpc) is 2.56. The van der Waals surface area contributed by atoms with E-state index in [2.05, 4.69) is 21.5 Å². The summed E-state index contributed by atoms with van der Waals surface area (Å²) in [6, 6.07) is 13.4. The van der Waals surface area contributed by atoms with Gasteiger partial charge in [-0.1, -0.05) is 12.1 Å². The van der Waals surface area contributed by atoms with E-state index in [-0.39, 0.29) is 6.04 Å². The lowest BCUT2D eigenvalue weighted by atomic mass is 10.0. The molecule has 5 nitrogen and oxygen atoms in total. The van der Waals surface area contributed by atoms with Crippen LogP contribution in [0.3, 0.4) is 0 Å². The molecule has 3 aromatic rings. The van der Waals surface area contributed by atoms with E-state index in [1.165, 1.54) is 0 Å². The van der Waals surface area contributed by atoms with E-state index in [4.69, 9.17) is 10.6 Å². The summed E-state index contributed by atoms with van der Waals surface area (Å²) in [6.07, 6.45) is 3.51. The number of fused-ring (bicyclic) bond motifs is 1. The standard InChI is InChI=1S/C16H16N4O/c1-21-14-5-3-9-19-16(14)15(20-17)12-6-7-13-11(10-12)4-2-8-18-13/h2-10,15,20H,17H2,1H3. The third-order valence-corrected chi connectivity index (χ3v) is 3.42. The Morgan fingerprint density at radius 2 is 1.90 bits per heavy atom. The molecule has 2 aromatic heterocycles. The van der Waals surface area contributed by atoms with Gasteiger partial charge in [-0.15, -0.1) is 0 Å². The molecule has 0 aliphatic rings. The molecule has 2 heterocycles. The minimum Gasteiger partial charge on any atom is -0.495 e. The van der Waals surface area contributed by atoms with Crippen molar-refractivity contribution < 1.29 is 4.74 Å². The number of ether oxygens (including phenoxy) is 1. The molecule has 1 atom stereocenters. The number of nitrogens with one attached hydrogen (secondary N) is 1. The molecular formula is C16H16N4O. The summed E-state index contributed by atoms with van der Waals surface area (Å²) in [7, 11) is 1.62. The number of hydrogen-bond acceptors (Lipinski definition) is 5. The third-order valence-electron chi connectivity index (χ3n) is 3.42. The van der Waals surface area contributed by atoms with Gasteiger partial charge in [-0.25, -0.2) is 5.43 Å². The van der Waals surface area contributed by atoms with Crippen molar-refractivity contribution in [2.24, 2.45) is 5.84 Å². The number of hydrazine groups is 1. The maximum Gasteiger partial charge on any atom is 0.142 e. The van der Waals surface area contributed by atoms with Crippen LogP contribution >= 0.6 is 0 Å². The first-order chi connectivity index (χ1) is 10.3. The Bertz CT molecular complexity index is 760. The van der Waals surface area contributed by atoms with Crippen LogP contribution in [-0.2, 0) is 0 Å². The number of rotatable bonds is 4. The van der Waals surface area contributed by atoms with Gasteiger partial charge in [0, 0.05) is 17.8 Å². The summed E-state index contributed by atoms with van der Waals surface area (Å²) in [4.78, 5) is 8.72. The molecule has 1 unspecified atom stereocenters. The van der Waals surface area contributed by atoms with Crippen LogP contribution in [-0.4, -0.2) is 17.1 Å². The van der Waals surface area contributed by atoms with Crippen LogP contribution < -0.4 is 16.0 Å². The molecule has 0 aliphatic heterocycles. The quantitative estimate of drug-likeness (QED) is 0.566. The molecule has 21 heavy (non-hydrogen) atoms. The van der Waals surface area contributed by atoms with Gasteiger partial charge in [0.2, 0.25) is 0 Å². The van der Waals surface area contributed by atoms with Crippen LogP contribution in [0.1, 0.15) is 17.3 Å². The summed E-state index contributed by atoms with van der Waals surface area (Å²) < 4.78 is 5.37. The van der Waals surface area contributed by atoms with E-state index < -0.39 is 0 Å². The first-order valence-corrected chi connectivity index (χ1v) is 6.63. The van der Waals surface area contributed by atoms with E-state index >= 15 is 0 Å². The van der Waals surface area contributed by atoms with Crippen molar-refractivity contribution in [1.29, 1.82) is 0 Å². The summed E-state index contributed by atoms with van der Waals surface area (Å²) in [5, 5.41) is 1.06. The van der Waals surface area contributed by atoms with E-state index in [1.54, 1.807) is 19.5 Å². The second-order valence-corrected chi connectivity index (χ2v) is 4.65. The number of benzene rings is 1. The smallest absolute Gasteiger partial charge is 0.142 e. The molecule has 0 saturated heterocycles. The zero-order valence-electron chi connectivity index (χ0n) is 11.7. The molecule has 1 aromatic carbocycles. The lowest BCUT2D eigenvalue weighted by Gasteiger charge is -2.18. The lowest BCUT2D eigenvalue weighted by molar-refractivity contribution is 0.400. The average molecular weight is 280 g/mol. The summed E-state index contributed by atoms with van der Waals surface area (Å²) >= 11 is 0. The second kappa shape index (κ2) is 5.87. The number of nitrogens with zero attached hydrogens (tertiary/aromatic N) is 2. The van der Waals surface area contributed by atoms with E-state index in [0.29, 0.717) is 5.75 Å². The van der Waals surface area contributed by atoms with E-state index in [0.717, 1.165) is 22.2 Å². The predicted molar refractivity (Wildman–Crippen MR) is 81.7 cm³/mol. The summed E-state index contributed by atoms with van der Waals surface area (Å²) in [5.41, 5.74) is 5.52. The fourth-order valence-electron chi connectivity index (χ4n) is 2.40. The number of nitrogens with two attached hydrogens (primary N) is 1. The van der Waals surface area contributed by atoms with Gasteiger partial charge in [0.1, 0.15) is 11.4 Å². The van der Waals surface area contributed by atoms with Gasteiger partial charge >= 0.3 is 0 Å². The Labute approximate surface area is 122 Å². The molecular weight excluding hydrogens is 264 g/mol. The molecule has 0 saturated carbocycles. The highest BCUT2D eigenvalue weighted by atomic mass is 16.5. The van der Waals surface area contributed by atoms with Crippen molar-refractivity contribution in [2.75, 3.05) is 7.11 Å². The Kier molecular flexibility index (Phi) is 3.77. The maximum atomic E-state index is 5.74. The molecule has 0 radical (unpaired) electrons. The largest absolute Gasteiger partial charge is 0.495 e. The Morgan fingerprint density at radius 3 is 2.71 bits per heavy atom. The van der Waals surface area contributed by atoms with Gasteiger partial charge in [0.15, 0.2) is 0 Å². The van der Waals surface area contributed by atoms with Gasteiger partial charge in [0.05, 0.1) is 18.7 Å². The molecule has 3 N–H and O–H groups in total. The predicted octanol–water partition coefficient (Wildman–Crippen LogP) is 2.19. The molecule has 0 fully saturated rings. The van der Waals surface area contributed by atoms with Gasteiger partial charge in [-0.3, -0.25) is 15.8 Å². The van der Waals surface area contributed by atoms with Crippen LogP contribution in [0.25, 0.3) is 10.9 Å². The van der Waals surface area contributed by atoms with Crippen LogP contribution in [0.2, 0.25) is 0 Å². The second-order valence-electron chi connectivity index (χ2n) is 4.65. The van der Waals surface area contributed by atoms with Crippen molar-refractivity contribution >= 4 is 10.9 Å². The molecule has 0 aliphatic carbocycles. The Hall–Kier alpha value is -2.50. The van der Waals surface area contributed by atoms with Crippen molar-refractivity contribution in [3.05, 3.63) is 66.1 Å². The molecule has 106 valence electrons. The highest BCUT2D eigenvalue weighted by molar-refractivity contribution is 5.79. The zero-order valence-corrected chi connectivity index (χ0v) is 11.7. The van der Waals surface area contributed by atoms with Crippen molar-refractivity contribution in [2.45, 2.75) is 6.04 Å². The number of pyridine rings is 2. The van der Waals surface area contributed by atoms with Crippen molar-refractivity contribution in [3.63, 3.8) is 0 Å². The third kappa shape index (κ3) is 2.56. The number of hydrogen-bond donors (Lipinski definition) is 2. The van der Waals surface area contributed by atoms with Gasteiger partial charge in [-0.05, 0) is 35.9 Å². The van der Waals surface area contributed by atoms with Crippen LogP contribution in [0.4, 0.5) is 0 Å². The minimum atomic E-state index is -0.245. The first-order valence-electron chi connectivity index (χ1n) is 6.63. The summed E-state index contributed by atoms with van der Waals surface area (Å²) in [6.45, 7) is 0. The highest BCUT2D eigenvalue weighted by Gasteiger charge is 2.18. The molecule has 0 spiro atoms. The van der Waals surface area contributed by atoms with Crippen molar-refractivity contribution in [3.8, 4) is 5.75 Å². The normalized spacial score (nSPS) is 12.3. The van der Waals surface area contributed by atoms with E-state index in [1.807, 2.05) is 36.4 Å². The highest BCUT2D eigenvalue weighted by Crippen LogP contribution is 2.28. The minimum absolute atomic E-state index is 0.245. The molecule has 3 rings (SSSR count). The van der Waals surface area contributed by atoms with Crippen LogP contribution in [0.15, 0.2) is 54.9 Å². The van der Waals surface area contributed by atoms with Gasteiger partial charge in [-0.2, -0.15) is 0 Å². The SMILES string of the molecule is COc1cccnc1C(NN)c1ccc2ncccc2c1. The fourth-order valence-corrected chi connectivity index (χ4v) is 2.40. The fraction of sp³-hybridized carbons (Fsp3) is 0.125. The monoisotopic (exact) mass is 280 g/mol. The Balaban J connectivity index is 2.09. The topological polar surface area (TPSA) is 73.1 Å². The zero-order chi connectivity index (χ0) is 14.7. The molecule has 0 amide bonds.